The molecule has 28 heavy (non-hydrogen) atoms. The minimum Gasteiger partial charge on any atom is -0.345 e. The van der Waals surface area contributed by atoms with Gasteiger partial charge in [-0.1, -0.05) is 37.6 Å². The molecular weight excluding hydrogens is 368 g/mol. The van der Waals surface area contributed by atoms with Gasteiger partial charge in [0.05, 0.1) is 12.1 Å². The Bertz CT molecular complexity index is 750. The second-order valence-electron chi connectivity index (χ2n) is 7.77. The van der Waals surface area contributed by atoms with E-state index in [2.05, 4.69) is 48.0 Å². The maximum Gasteiger partial charge on any atom is 0.228 e. The Morgan fingerprint density at radius 2 is 1.89 bits per heavy atom. The average molecular weight is 401 g/mol. The molecule has 0 spiro atoms. The Morgan fingerprint density at radius 3 is 2.57 bits per heavy atom. The highest BCUT2D eigenvalue weighted by Crippen LogP contribution is 2.25. The van der Waals surface area contributed by atoms with Crippen LogP contribution in [0.15, 0.2) is 29.6 Å². The number of amides is 1. The average Bonchev–Trinajstić information content (AvgIpc) is 3.17. The van der Waals surface area contributed by atoms with Crippen LogP contribution in [0, 0.1) is 0 Å². The van der Waals surface area contributed by atoms with Gasteiger partial charge in [-0.3, -0.25) is 9.69 Å². The third-order valence-corrected chi connectivity index (χ3v) is 6.30. The molecule has 0 saturated carbocycles. The molecule has 0 radical (unpaired) electrons. The third kappa shape index (κ3) is 5.87. The van der Waals surface area contributed by atoms with Crippen LogP contribution in [0.5, 0.6) is 0 Å². The number of nitrogens with zero attached hydrogens (tertiary/aromatic N) is 4. The van der Waals surface area contributed by atoms with Crippen molar-refractivity contribution in [2.45, 2.75) is 32.7 Å². The summed E-state index contributed by atoms with van der Waals surface area (Å²) in [5.74, 6) is 0.146. The summed E-state index contributed by atoms with van der Waals surface area (Å²) in [5, 5.41) is 3.00. The molecule has 6 heteroatoms. The fourth-order valence-electron chi connectivity index (χ4n) is 3.35. The zero-order valence-electron chi connectivity index (χ0n) is 17.4. The molecule has 2 heterocycles. The lowest BCUT2D eigenvalue weighted by Crippen LogP contribution is -2.43. The maximum atomic E-state index is 12.3. The molecule has 1 fully saturated rings. The lowest BCUT2D eigenvalue weighted by molar-refractivity contribution is -0.129. The summed E-state index contributed by atoms with van der Waals surface area (Å²) in [6.07, 6.45) is 2.53. The van der Waals surface area contributed by atoms with Crippen LogP contribution in [0.2, 0.25) is 0 Å². The second kappa shape index (κ2) is 10.1. The summed E-state index contributed by atoms with van der Waals surface area (Å²) in [7, 11) is 4.07. The lowest BCUT2D eigenvalue weighted by Gasteiger charge is -2.32. The topological polar surface area (TPSA) is 39.7 Å². The summed E-state index contributed by atoms with van der Waals surface area (Å²) in [4.78, 5) is 23.7. The summed E-state index contributed by atoms with van der Waals surface area (Å²) in [6.45, 7) is 8.53. The molecule has 1 aromatic heterocycles. The van der Waals surface area contributed by atoms with Gasteiger partial charge in [0.2, 0.25) is 5.91 Å². The van der Waals surface area contributed by atoms with Crippen molar-refractivity contribution in [1.29, 1.82) is 0 Å². The molecule has 0 N–H and O–H groups in total. The van der Waals surface area contributed by atoms with Crippen molar-refractivity contribution in [2.75, 3.05) is 46.8 Å². The first kappa shape index (κ1) is 21.0. The van der Waals surface area contributed by atoms with E-state index in [4.69, 9.17) is 4.98 Å². The molecule has 0 atom stereocenters. The van der Waals surface area contributed by atoms with E-state index in [1.807, 2.05) is 17.3 Å². The van der Waals surface area contributed by atoms with E-state index in [0.717, 1.165) is 68.4 Å². The first-order chi connectivity index (χ1) is 13.5. The van der Waals surface area contributed by atoms with Crippen molar-refractivity contribution < 1.29 is 4.79 Å². The second-order valence-corrected chi connectivity index (χ2v) is 8.62. The SMILES string of the molecule is CCCCN(C)C(=O)Cc1csc(-c2ccc(CN3CCN(C)CC3)cc2)n1. The normalized spacial score (nSPS) is 15.7. The van der Waals surface area contributed by atoms with E-state index in [1.54, 1.807) is 11.3 Å². The van der Waals surface area contributed by atoms with E-state index in [9.17, 15) is 4.79 Å². The minimum absolute atomic E-state index is 0.146. The van der Waals surface area contributed by atoms with Gasteiger partial charge in [0.15, 0.2) is 0 Å². The Hall–Kier alpha value is -1.76. The summed E-state index contributed by atoms with van der Waals surface area (Å²) in [5.41, 5.74) is 3.35. The highest BCUT2D eigenvalue weighted by molar-refractivity contribution is 7.13. The van der Waals surface area contributed by atoms with Crippen LogP contribution in [0.4, 0.5) is 0 Å². The van der Waals surface area contributed by atoms with Gasteiger partial charge in [-0.2, -0.15) is 0 Å². The molecule has 3 rings (SSSR count). The molecule has 1 saturated heterocycles. The predicted molar refractivity (Wildman–Crippen MR) is 117 cm³/mol. The van der Waals surface area contributed by atoms with Crippen molar-refractivity contribution in [2.24, 2.45) is 0 Å². The van der Waals surface area contributed by atoms with Crippen LogP contribution in [0.1, 0.15) is 31.0 Å². The number of carbonyl (C=O) groups is 1. The van der Waals surface area contributed by atoms with Crippen LogP contribution in [0.3, 0.4) is 0 Å². The molecule has 0 unspecified atom stereocenters. The van der Waals surface area contributed by atoms with Gasteiger partial charge in [0.25, 0.3) is 0 Å². The molecule has 0 bridgehead atoms. The van der Waals surface area contributed by atoms with Gasteiger partial charge >= 0.3 is 0 Å². The Balaban J connectivity index is 1.55. The van der Waals surface area contributed by atoms with Gasteiger partial charge in [-0.15, -0.1) is 11.3 Å². The fraction of sp³-hybridized carbons (Fsp3) is 0.545. The lowest BCUT2D eigenvalue weighted by atomic mass is 10.1. The number of likely N-dealkylation sites (N-methyl/N-ethyl adjacent to an activating group) is 2. The van der Waals surface area contributed by atoms with Crippen LogP contribution in [-0.2, 0) is 17.8 Å². The van der Waals surface area contributed by atoms with Crippen molar-refractivity contribution in [3.8, 4) is 10.6 Å². The quantitative estimate of drug-likeness (QED) is 0.681. The zero-order valence-corrected chi connectivity index (χ0v) is 18.2. The highest BCUT2D eigenvalue weighted by atomic mass is 32.1. The smallest absolute Gasteiger partial charge is 0.228 e. The van der Waals surface area contributed by atoms with Crippen LogP contribution in [0.25, 0.3) is 10.6 Å². The first-order valence-corrected chi connectivity index (χ1v) is 11.1. The predicted octanol–water partition coefficient (Wildman–Crippen LogP) is 3.36. The molecule has 1 amide bonds. The van der Waals surface area contributed by atoms with E-state index < -0.39 is 0 Å². The molecule has 152 valence electrons. The Kier molecular flexibility index (Phi) is 7.59. The molecular formula is C22H32N4OS. The monoisotopic (exact) mass is 400 g/mol. The number of hydrogen-bond donors (Lipinski definition) is 0. The van der Waals surface area contributed by atoms with Crippen molar-refractivity contribution in [3.63, 3.8) is 0 Å². The van der Waals surface area contributed by atoms with Gasteiger partial charge in [0, 0.05) is 57.3 Å². The number of aromatic nitrogens is 1. The Labute approximate surface area is 173 Å². The van der Waals surface area contributed by atoms with Gasteiger partial charge < -0.3 is 9.80 Å². The van der Waals surface area contributed by atoms with Crippen LogP contribution >= 0.6 is 11.3 Å². The molecule has 1 aliphatic rings. The molecule has 1 aliphatic heterocycles. The standard InChI is InChI=1S/C22H32N4OS/c1-4-5-10-25(3)21(27)15-20-17-28-22(23-20)19-8-6-18(7-9-19)16-26-13-11-24(2)12-14-26/h6-9,17H,4-5,10-16H2,1-3H3. The number of unbranched alkanes of at least 4 members (excludes halogenated alkanes) is 1. The van der Waals surface area contributed by atoms with E-state index >= 15 is 0 Å². The molecule has 0 aliphatic carbocycles. The van der Waals surface area contributed by atoms with Crippen LogP contribution < -0.4 is 0 Å². The number of carbonyl (C=O) groups excluding carboxylic acids is 1. The molecule has 2 aromatic rings. The number of rotatable bonds is 8. The molecule has 1 aromatic carbocycles. The van der Waals surface area contributed by atoms with Crippen molar-refractivity contribution in [3.05, 3.63) is 40.9 Å². The van der Waals surface area contributed by atoms with Gasteiger partial charge in [-0.05, 0) is 19.0 Å². The van der Waals surface area contributed by atoms with E-state index in [-0.39, 0.29) is 5.91 Å². The highest BCUT2D eigenvalue weighted by Gasteiger charge is 2.15. The third-order valence-electron chi connectivity index (χ3n) is 5.36. The van der Waals surface area contributed by atoms with Crippen molar-refractivity contribution in [1.82, 2.24) is 19.7 Å². The Morgan fingerprint density at radius 1 is 1.18 bits per heavy atom. The van der Waals surface area contributed by atoms with Crippen LogP contribution in [-0.4, -0.2) is 72.4 Å². The van der Waals surface area contributed by atoms with E-state index in [0.29, 0.717) is 6.42 Å². The van der Waals surface area contributed by atoms with Gasteiger partial charge in [-0.25, -0.2) is 4.98 Å². The van der Waals surface area contributed by atoms with Gasteiger partial charge in [0.1, 0.15) is 5.01 Å². The number of piperazine rings is 1. The summed E-state index contributed by atoms with van der Waals surface area (Å²) >= 11 is 1.62. The maximum absolute atomic E-state index is 12.3. The molecule has 5 nitrogen and oxygen atoms in total. The minimum atomic E-state index is 0.146. The number of hydrogen-bond acceptors (Lipinski definition) is 5. The zero-order chi connectivity index (χ0) is 19.9. The largest absolute Gasteiger partial charge is 0.345 e. The first-order valence-electron chi connectivity index (χ1n) is 10.2. The number of thiazole rings is 1. The van der Waals surface area contributed by atoms with Crippen molar-refractivity contribution >= 4 is 17.2 Å². The van der Waals surface area contributed by atoms with E-state index in [1.165, 1.54) is 5.56 Å². The fourth-order valence-corrected chi connectivity index (χ4v) is 4.17. The summed E-state index contributed by atoms with van der Waals surface area (Å²) < 4.78 is 0. The number of benzene rings is 1. The summed E-state index contributed by atoms with van der Waals surface area (Å²) in [6, 6.07) is 8.73.